The van der Waals surface area contributed by atoms with Gasteiger partial charge in [-0.2, -0.15) is 0 Å². The van der Waals surface area contributed by atoms with Gasteiger partial charge in [0.2, 0.25) is 0 Å². The second-order valence-corrected chi connectivity index (χ2v) is 4.75. The molecule has 1 N–H and O–H groups in total. The maximum Gasteiger partial charge on any atom is 0.262 e. The molecule has 2 rings (SSSR count). The normalized spacial score (nSPS) is 10.7. The van der Waals surface area contributed by atoms with Gasteiger partial charge in [-0.3, -0.25) is 9.36 Å². The summed E-state index contributed by atoms with van der Waals surface area (Å²) in [4.78, 5) is 16.8. The Morgan fingerprint density at radius 1 is 1.44 bits per heavy atom. The summed E-state index contributed by atoms with van der Waals surface area (Å²) in [5.74, 6) is 0.516. The molecule has 1 aromatic carbocycles. The number of aromatic nitrogens is 2. The largest absolute Gasteiger partial charge is 0.396 e. The van der Waals surface area contributed by atoms with E-state index in [1.165, 1.54) is 11.8 Å². The van der Waals surface area contributed by atoms with Crippen LogP contribution < -0.4 is 5.56 Å². The Labute approximate surface area is 109 Å². The lowest BCUT2D eigenvalue weighted by Gasteiger charge is -2.10. The second kappa shape index (κ2) is 5.84. The summed E-state index contributed by atoms with van der Waals surface area (Å²) >= 11 is 1.37. The van der Waals surface area contributed by atoms with Gasteiger partial charge < -0.3 is 5.11 Å². The fraction of sp³-hybridized carbons (Fsp3) is 0.231. The second-order valence-electron chi connectivity index (χ2n) is 3.69. The van der Waals surface area contributed by atoms with Crippen LogP contribution in [0.3, 0.4) is 0 Å². The third-order valence-corrected chi connectivity index (χ3v) is 3.42. The number of fused-ring (bicyclic) bond motifs is 1. The highest BCUT2D eigenvalue weighted by molar-refractivity contribution is 7.99. The predicted octanol–water partition coefficient (Wildman–Crippen LogP) is 1.67. The van der Waals surface area contributed by atoms with Gasteiger partial charge in [0.25, 0.3) is 5.56 Å². The lowest BCUT2D eigenvalue weighted by Crippen LogP contribution is -2.22. The summed E-state index contributed by atoms with van der Waals surface area (Å²) in [7, 11) is 0. The van der Waals surface area contributed by atoms with Crippen molar-refractivity contribution >= 4 is 22.7 Å². The third kappa shape index (κ3) is 2.47. The zero-order valence-electron chi connectivity index (χ0n) is 9.87. The van der Waals surface area contributed by atoms with E-state index in [1.54, 1.807) is 16.7 Å². The Balaban J connectivity index is 2.62. The molecular formula is C13H14N2O2S. The molecule has 2 aromatic rings. The van der Waals surface area contributed by atoms with Crippen LogP contribution in [-0.4, -0.2) is 27.0 Å². The van der Waals surface area contributed by atoms with Gasteiger partial charge in [-0.25, -0.2) is 4.98 Å². The molecule has 0 radical (unpaired) electrons. The predicted molar refractivity (Wildman–Crippen MR) is 74.0 cm³/mol. The topological polar surface area (TPSA) is 55.1 Å². The minimum Gasteiger partial charge on any atom is -0.396 e. The van der Waals surface area contributed by atoms with E-state index >= 15 is 0 Å². The van der Waals surface area contributed by atoms with Crippen molar-refractivity contribution in [3.05, 3.63) is 47.3 Å². The van der Waals surface area contributed by atoms with Crippen molar-refractivity contribution in [1.29, 1.82) is 0 Å². The molecule has 0 bridgehead atoms. The van der Waals surface area contributed by atoms with Crippen molar-refractivity contribution in [2.24, 2.45) is 0 Å². The van der Waals surface area contributed by atoms with Crippen LogP contribution in [-0.2, 0) is 6.54 Å². The van der Waals surface area contributed by atoms with Crippen molar-refractivity contribution in [3.63, 3.8) is 0 Å². The Kier molecular flexibility index (Phi) is 4.17. The van der Waals surface area contributed by atoms with Gasteiger partial charge in [0.15, 0.2) is 5.16 Å². The minimum atomic E-state index is -0.0686. The van der Waals surface area contributed by atoms with Gasteiger partial charge in [0.1, 0.15) is 0 Å². The van der Waals surface area contributed by atoms with E-state index in [0.29, 0.717) is 28.4 Å². The molecule has 1 heterocycles. The minimum absolute atomic E-state index is 0.0570. The van der Waals surface area contributed by atoms with Crippen LogP contribution in [0.4, 0.5) is 0 Å². The average Bonchev–Trinajstić information content (AvgIpc) is 2.40. The zero-order chi connectivity index (χ0) is 13.0. The number of nitrogens with zero attached hydrogens (tertiary/aromatic N) is 2. The van der Waals surface area contributed by atoms with E-state index < -0.39 is 0 Å². The number of para-hydroxylation sites is 1. The van der Waals surface area contributed by atoms with E-state index in [4.69, 9.17) is 5.11 Å². The van der Waals surface area contributed by atoms with E-state index in [0.717, 1.165) is 0 Å². The molecule has 0 saturated heterocycles. The lowest BCUT2D eigenvalue weighted by atomic mass is 10.2. The van der Waals surface area contributed by atoms with Gasteiger partial charge in [-0.05, 0) is 12.1 Å². The van der Waals surface area contributed by atoms with Crippen LogP contribution in [0.2, 0.25) is 0 Å². The smallest absolute Gasteiger partial charge is 0.262 e. The molecule has 0 amide bonds. The van der Waals surface area contributed by atoms with Crippen LogP contribution in [0.25, 0.3) is 10.9 Å². The van der Waals surface area contributed by atoms with E-state index in [9.17, 15) is 4.79 Å². The van der Waals surface area contributed by atoms with Crippen LogP contribution in [0.15, 0.2) is 46.9 Å². The first-order valence-corrected chi connectivity index (χ1v) is 6.60. The molecule has 0 aliphatic carbocycles. The number of hydrogen-bond donors (Lipinski definition) is 1. The number of aliphatic hydroxyl groups is 1. The first-order valence-electron chi connectivity index (χ1n) is 5.62. The quantitative estimate of drug-likeness (QED) is 0.506. The molecule has 0 fully saturated rings. The zero-order valence-corrected chi connectivity index (χ0v) is 10.7. The van der Waals surface area contributed by atoms with Crippen molar-refractivity contribution in [3.8, 4) is 0 Å². The van der Waals surface area contributed by atoms with Crippen molar-refractivity contribution < 1.29 is 5.11 Å². The summed E-state index contributed by atoms with van der Waals surface area (Å²) in [6.45, 7) is 4.13. The first-order chi connectivity index (χ1) is 8.77. The summed E-state index contributed by atoms with van der Waals surface area (Å²) < 4.78 is 1.58. The number of aliphatic hydroxyl groups excluding tert-OH is 1. The van der Waals surface area contributed by atoms with Crippen molar-refractivity contribution in [1.82, 2.24) is 9.55 Å². The summed E-state index contributed by atoms with van der Waals surface area (Å²) in [5, 5.41) is 10.1. The average molecular weight is 262 g/mol. The number of thioether (sulfide) groups is 1. The molecule has 0 saturated carbocycles. The SMILES string of the molecule is C=CCn1c(SCCO)nc2ccccc2c1=O. The monoisotopic (exact) mass is 262 g/mol. The molecule has 94 valence electrons. The maximum absolute atomic E-state index is 12.3. The van der Waals surface area contributed by atoms with Crippen molar-refractivity contribution in [2.45, 2.75) is 11.7 Å². The van der Waals surface area contributed by atoms with Crippen LogP contribution in [0.5, 0.6) is 0 Å². The van der Waals surface area contributed by atoms with Gasteiger partial charge in [-0.15, -0.1) is 6.58 Å². The molecular weight excluding hydrogens is 248 g/mol. The van der Waals surface area contributed by atoms with Gasteiger partial charge in [0.05, 0.1) is 17.5 Å². The van der Waals surface area contributed by atoms with Crippen LogP contribution in [0.1, 0.15) is 0 Å². The lowest BCUT2D eigenvalue weighted by molar-refractivity contribution is 0.322. The number of hydrogen-bond acceptors (Lipinski definition) is 4. The third-order valence-electron chi connectivity index (χ3n) is 2.46. The summed E-state index contributed by atoms with van der Waals surface area (Å²) in [6.07, 6.45) is 1.67. The molecule has 0 aliphatic rings. The molecule has 0 unspecified atom stereocenters. The molecule has 4 nitrogen and oxygen atoms in total. The Morgan fingerprint density at radius 2 is 2.22 bits per heavy atom. The maximum atomic E-state index is 12.3. The summed E-state index contributed by atoms with van der Waals surface area (Å²) in [5.41, 5.74) is 0.615. The molecule has 1 aromatic heterocycles. The van der Waals surface area contributed by atoms with E-state index in [-0.39, 0.29) is 12.2 Å². The molecule has 5 heteroatoms. The van der Waals surface area contributed by atoms with E-state index in [1.807, 2.05) is 18.2 Å². The highest BCUT2D eigenvalue weighted by Gasteiger charge is 2.09. The van der Waals surface area contributed by atoms with Gasteiger partial charge in [-0.1, -0.05) is 30.0 Å². The van der Waals surface area contributed by atoms with Crippen LogP contribution in [0, 0.1) is 0 Å². The molecule has 0 spiro atoms. The fourth-order valence-electron chi connectivity index (χ4n) is 1.68. The number of rotatable bonds is 5. The molecule has 18 heavy (non-hydrogen) atoms. The van der Waals surface area contributed by atoms with Gasteiger partial charge in [0, 0.05) is 12.3 Å². The van der Waals surface area contributed by atoms with Crippen LogP contribution >= 0.6 is 11.8 Å². The molecule has 0 aliphatic heterocycles. The highest BCUT2D eigenvalue weighted by Crippen LogP contribution is 2.17. The van der Waals surface area contributed by atoms with E-state index in [2.05, 4.69) is 11.6 Å². The first kappa shape index (κ1) is 12.9. The van der Waals surface area contributed by atoms with Gasteiger partial charge >= 0.3 is 0 Å². The highest BCUT2D eigenvalue weighted by atomic mass is 32.2. The fourth-order valence-corrected chi connectivity index (χ4v) is 2.43. The van der Waals surface area contributed by atoms with Crippen molar-refractivity contribution in [2.75, 3.05) is 12.4 Å². The number of allylic oxidation sites excluding steroid dienone is 1. The standard InChI is InChI=1S/C13H14N2O2S/c1-2-7-15-12(17)10-5-3-4-6-11(10)14-13(15)18-9-8-16/h2-6,16H,1,7-9H2. The Bertz CT molecular complexity index is 622. The molecule has 0 atom stereocenters. The Hall–Kier alpha value is -1.59. The Morgan fingerprint density at radius 3 is 2.94 bits per heavy atom. The summed E-state index contributed by atoms with van der Waals surface area (Å²) in [6, 6.07) is 7.26. The number of benzene rings is 1.